The summed E-state index contributed by atoms with van der Waals surface area (Å²) in [6, 6.07) is 9.12. The van der Waals surface area contributed by atoms with E-state index in [0.717, 1.165) is 12.1 Å². The minimum atomic E-state index is -1.14. The summed E-state index contributed by atoms with van der Waals surface area (Å²) in [5, 5.41) is 13.4. The molecule has 114 valence electrons. The molecule has 0 radical (unpaired) electrons. The zero-order valence-corrected chi connectivity index (χ0v) is 11.3. The van der Waals surface area contributed by atoms with Crippen molar-refractivity contribution in [2.24, 2.45) is 0 Å². The third kappa shape index (κ3) is 4.02. The molecule has 0 aromatic heterocycles. The first-order valence-corrected chi connectivity index (χ1v) is 6.28. The van der Waals surface area contributed by atoms with Gasteiger partial charge in [-0.05, 0) is 36.4 Å². The lowest BCUT2D eigenvalue weighted by Gasteiger charge is -2.08. The van der Waals surface area contributed by atoms with Crippen molar-refractivity contribution in [2.45, 2.75) is 0 Å². The molecule has 0 bridgehead atoms. The van der Waals surface area contributed by atoms with Gasteiger partial charge in [0.2, 0.25) is 0 Å². The predicted molar refractivity (Wildman–Crippen MR) is 76.1 cm³/mol. The summed E-state index contributed by atoms with van der Waals surface area (Å²) < 4.78 is 26.3. The molecule has 0 fully saturated rings. The molecule has 0 heterocycles. The smallest absolute Gasteiger partial charge is 0.322 e. The van der Waals surface area contributed by atoms with Crippen molar-refractivity contribution in [1.29, 1.82) is 0 Å². The number of rotatable bonds is 5. The highest BCUT2D eigenvalue weighted by Crippen LogP contribution is 2.21. The number of amides is 1. The molecule has 0 aliphatic rings. The molecule has 2 aromatic carbocycles. The van der Waals surface area contributed by atoms with Crippen LogP contribution < -0.4 is 10.6 Å². The van der Waals surface area contributed by atoms with Gasteiger partial charge in [-0.3, -0.25) is 9.59 Å². The van der Waals surface area contributed by atoms with Gasteiger partial charge in [0.15, 0.2) is 0 Å². The zero-order chi connectivity index (χ0) is 16.1. The summed E-state index contributed by atoms with van der Waals surface area (Å²) in [5.74, 6) is -3.07. The predicted octanol–water partition coefficient (Wildman–Crippen LogP) is 2.52. The van der Waals surface area contributed by atoms with Crippen LogP contribution in [0.1, 0.15) is 10.4 Å². The van der Waals surface area contributed by atoms with Crippen LogP contribution in [-0.2, 0) is 4.79 Å². The number of halogens is 2. The van der Waals surface area contributed by atoms with E-state index in [2.05, 4.69) is 10.6 Å². The van der Waals surface area contributed by atoms with Crippen molar-refractivity contribution in [2.75, 3.05) is 11.9 Å². The first-order chi connectivity index (χ1) is 10.5. The van der Waals surface area contributed by atoms with Gasteiger partial charge < -0.3 is 15.7 Å². The van der Waals surface area contributed by atoms with E-state index in [9.17, 15) is 18.4 Å². The molecule has 0 unspecified atom stereocenters. The number of hydrogen-bond donors (Lipinski definition) is 3. The largest absolute Gasteiger partial charge is 0.480 e. The fourth-order valence-corrected chi connectivity index (χ4v) is 1.71. The first kappa shape index (κ1) is 15.4. The van der Waals surface area contributed by atoms with Gasteiger partial charge in [0.05, 0.1) is 5.69 Å². The molecule has 0 atom stereocenters. The Balaban J connectivity index is 2.05. The number of nitrogens with one attached hydrogen (secondary N) is 2. The van der Waals surface area contributed by atoms with Gasteiger partial charge in [-0.25, -0.2) is 8.78 Å². The van der Waals surface area contributed by atoms with Crippen LogP contribution in [0.3, 0.4) is 0 Å². The van der Waals surface area contributed by atoms with Gasteiger partial charge >= 0.3 is 5.97 Å². The number of aliphatic carboxylic acids is 1. The molecule has 5 nitrogen and oxygen atoms in total. The van der Waals surface area contributed by atoms with E-state index in [1.165, 1.54) is 30.3 Å². The second kappa shape index (κ2) is 6.66. The second-order valence-electron chi connectivity index (χ2n) is 4.40. The molecule has 0 aliphatic carbocycles. The lowest BCUT2D eigenvalue weighted by atomic mass is 10.2. The maximum absolute atomic E-state index is 13.5. The molecule has 7 heteroatoms. The van der Waals surface area contributed by atoms with Crippen LogP contribution in [0.4, 0.5) is 20.2 Å². The molecule has 3 N–H and O–H groups in total. The topological polar surface area (TPSA) is 78.4 Å². The lowest BCUT2D eigenvalue weighted by Crippen LogP contribution is -2.29. The SMILES string of the molecule is O=C(O)CNC(=O)c1ccc(Nc2ccc(F)cc2F)cc1. The molecular weight excluding hydrogens is 294 g/mol. The first-order valence-electron chi connectivity index (χ1n) is 6.28. The maximum Gasteiger partial charge on any atom is 0.322 e. The van der Waals surface area contributed by atoms with Crippen LogP contribution in [0.25, 0.3) is 0 Å². The highest BCUT2D eigenvalue weighted by atomic mass is 19.1. The average Bonchev–Trinajstić information content (AvgIpc) is 2.48. The molecule has 2 aromatic rings. The molecule has 1 amide bonds. The number of benzene rings is 2. The fraction of sp³-hybridized carbons (Fsp3) is 0.0667. The average molecular weight is 306 g/mol. The Bertz CT molecular complexity index is 702. The monoisotopic (exact) mass is 306 g/mol. The van der Waals surface area contributed by atoms with Crippen molar-refractivity contribution in [3.05, 3.63) is 59.7 Å². The highest BCUT2D eigenvalue weighted by molar-refractivity contribution is 5.96. The third-order valence-electron chi connectivity index (χ3n) is 2.76. The van der Waals surface area contributed by atoms with E-state index in [0.29, 0.717) is 5.69 Å². The van der Waals surface area contributed by atoms with Crippen LogP contribution in [0.15, 0.2) is 42.5 Å². The van der Waals surface area contributed by atoms with E-state index in [1.807, 2.05) is 0 Å². The van der Waals surface area contributed by atoms with Crippen LogP contribution in [0.2, 0.25) is 0 Å². The Hall–Kier alpha value is -2.96. The molecule has 0 saturated heterocycles. The van der Waals surface area contributed by atoms with E-state index >= 15 is 0 Å². The highest BCUT2D eigenvalue weighted by Gasteiger charge is 2.08. The lowest BCUT2D eigenvalue weighted by molar-refractivity contribution is -0.135. The Morgan fingerprint density at radius 3 is 2.32 bits per heavy atom. The summed E-state index contributed by atoms with van der Waals surface area (Å²) in [6.07, 6.45) is 0. The number of anilines is 2. The molecule has 0 spiro atoms. The number of carbonyl (C=O) groups is 2. The molecule has 0 aliphatic heterocycles. The van der Waals surface area contributed by atoms with Crippen LogP contribution in [-0.4, -0.2) is 23.5 Å². The maximum atomic E-state index is 13.5. The zero-order valence-electron chi connectivity index (χ0n) is 11.3. The minimum Gasteiger partial charge on any atom is -0.480 e. The molecule has 2 rings (SSSR count). The van der Waals surface area contributed by atoms with Gasteiger partial charge in [-0.2, -0.15) is 0 Å². The van der Waals surface area contributed by atoms with Crippen molar-refractivity contribution >= 4 is 23.3 Å². The van der Waals surface area contributed by atoms with E-state index < -0.39 is 30.1 Å². The van der Waals surface area contributed by atoms with Crippen molar-refractivity contribution in [3.63, 3.8) is 0 Å². The fourth-order valence-electron chi connectivity index (χ4n) is 1.71. The van der Waals surface area contributed by atoms with Crippen LogP contribution in [0, 0.1) is 11.6 Å². The number of hydrogen-bond acceptors (Lipinski definition) is 3. The normalized spacial score (nSPS) is 10.1. The number of carbonyl (C=O) groups excluding carboxylic acids is 1. The Labute approximate surface area is 124 Å². The quantitative estimate of drug-likeness (QED) is 0.793. The van der Waals surface area contributed by atoms with Crippen molar-refractivity contribution in [3.8, 4) is 0 Å². The van der Waals surface area contributed by atoms with E-state index in [4.69, 9.17) is 5.11 Å². The van der Waals surface area contributed by atoms with Crippen LogP contribution >= 0.6 is 0 Å². The van der Waals surface area contributed by atoms with Gasteiger partial charge in [0, 0.05) is 17.3 Å². The van der Waals surface area contributed by atoms with Gasteiger partial charge in [0.1, 0.15) is 18.2 Å². The summed E-state index contributed by atoms with van der Waals surface area (Å²) in [7, 11) is 0. The summed E-state index contributed by atoms with van der Waals surface area (Å²) in [6.45, 7) is -0.473. The van der Waals surface area contributed by atoms with Crippen molar-refractivity contribution < 1.29 is 23.5 Å². The number of carboxylic acid groups (broad SMARTS) is 1. The Morgan fingerprint density at radius 2 is 1.73 bits per heavy atom. The van der Waals surface area contributed by atoms with Crippen LogP contribution in [0.5, 0.6) is 0 Å². The van der Waals surface area contributed by atoms with Gasteiger partial charge in [-0.15, -0.1) is 0 Å². The molecular formula is C15H12F2N2O3. The van der Waals surface area contributed by atoms with Crippen molar-refractivity contribution in [1.82, 2.24) is 5.32 Å². The summed E-state index contributed by atoms with van der Waals surface area (Å²) in [5.41, 5.74) is 0.871. The Kier molecular flexibility index (Phi) is 4.67. The Morgan fingerprint density at radius 1 is 1.05 bits per heavy atom. The molecule has 0 saturated carbocycles. The van der Waals surface area contributed by atoms with Gasteiger partial charge in [-0.1, -0.05) is 0 Å². The summed E-state index contributed by atoms with van der Waals surface area (Å²) >= 11 is 0. The van der Waals surface area contributed by atoms with E-state index in [1.54, 1.807) is 0 Å². The van der Waals surface area contributed by atoms with E-state index in [-0.39, 0.29) is 11.3 Å². The second-order valence-corrected chi connectivity index (χ2v) is 4.40. The minimum absolute atomic E-state index is 0.101. The molecule has 22 heavy (non-hydrogen) atoms. The van der Waals surface area contributed by atoms with Gasteiger partial charge in [0.25, 0.3) is 5.91 Å². The summed E-state index contributed by atoms with van der Waals surface area (Å²) in [4.78, 5) is 22.0. The number of carboxylic acids is 1. The third-order valence-corrected chi connectivity index (χ3v) is 2.76. The standard InChI is InChI=1S/C15H12F2N2O3/c16-10-3-6-13(12(17)7-10)19-11-4-1-9(2-5-11)15(22)18-8-14(20)21/h1-7,19H,8H2,(H,18,22)(H,20,21).